The van der Waals surface area contributed by atoms with E-state index in [-0.39, 0.29) is 5.91 Å². The number of anilines is 1. The first kappa shape index (κ1) is 18.1. The van der Waals surface area contributed by atoms with Gasteiger partial charge in [0.15, 0.2) is 5.13 Å². The summed E-state index contributed by atoms with van der Waals surface area (Å²) in [5, 5.41) is 0.637. The Morgan fingerprint density at radius 2 is 2.07 bits per heavy atom. The van der Waals surface area contributed by atoms with Gasteiger partial charge in [0, 0.05) is 6.20 Å². The van der Waals surface area contributed by atoms with Crippen molar-refractivity contribution in [1.29, 1.82) is 0 Å². The summed E-state index contributed by atoms with van der Waals surface area (Å²) in [5.41, 5.74) is 1.64. The van der Waals surface area contributed by atoms with Gasteiger partial charge in [0.1, 0.15) is 5.75 Å². The third-order valence-electron chi connectivity index (χ3n) is 3.89. The molecule has 0 aliphatic carbocycles. The second kappa shape index (κ2) is 7.75. The number of hydrogen-bond acceptors (Lipinski definition) is 6. The fourth-order valence-corrected chi connectivity index (χ4v) is 4.90. The quantitative estimate of drug-likeness (QED) is 0.402. The molecular weight excluding hydrogens is 446 g/mol. The van der Waals surface area contributed by atoms with E-state index in [1.807, 2.05) is 48.5 Å². The van der Waals surface area contributed by atoms with Crippen molar-refractivity contribution in [2.75, 3.05) is 12.0 Å². The Hall–Kier alpha value is -2.29. The summed E-state index contributed by atoms with van der Waals surface area (Å²) in [7, 11) is 1.63. The smallest absolute Gasteiger partial charge is 0.270 e. The van der Waals surface area contributed by atoms with Crippen molar-refractivity contribution in [2.45, 2.75) is 6.54 Å². The second-order valence-electron chi connectivity index (χ2n) is 5.65. The lowest BCUT2D eigenvalue weighted by atomic mass is 10.3. The molecular formula is C19H14BrN3O2S2. The zero-order valence-electron chi connectivity index (χ0n) is 14.3. The lowest BCUT2D eigenvalue weighted by Gasteiger charge is -2.18. The van der Waals surface area contributed by atoms with E-state index in [9.17, 15) is 4.79 Å². The van der Waals surface area contributed by atoms with Crippen molar-refractivity contribution >= 4 is 59.9 Å². The fraction of sp³-hybridized carbons (Fsp3) is 0.105. The lowest BCUT2D eigenvalue weighted by molar-refractivity contribution is 0.0988. The van der Waals surface area contributed by atoms with E-state index in [0.29, 0.717) is 16.6 Å². The SMILES string of the molecule is COc1ccc2nc(N(Cc3ccccn3)C(=O)c3ccc(Br)s3)sc2c1. The normalized spacial score (nSPS) is 10.9. The molecule has 3 aromatic heterocycles. The number of amides is 1. The highest BCUT2D eigenvalue weighted by atomic mass is 79.9. The van der Waals surface area contributed by atoms with E-state index in [1.165, 1.54) is 22.7 Å². The van der Waals surface area contributed by atoms with Crippen LogP contribution in [0.4, 0.5) is 5.13 Å². The summed E-state index contributed by atoms with van der Waals surface area (Å²) in [5.74, 6) is 0.671. The minimum atomic E-state index is -0.0950. The highest BCUT2D eigenvalue weighted by Gasteiger charge is 2.23. The molecule has 0 N–H and O–H groups in total. The molecule has 0 unspecified atom stereocenters. The van der Waals surface area contributed by atoms with Crippen molar-refractivity contribution < 1.29 is 9.53 Å². The van der Waals surface area contributed by atoms with Crippen LogP contribution in [0.2, 0.25) is 0 Å². The van der Waals surface area contributed by atoms with Crippen molar-refractivity contribution in [2.24, 2.45) is 0 Å². The molecule has 3 heterocycles. The molecule has 0 aliphatic heterocycles. The Labute approximate surface area is 172 Å². The van der Waals surface area contributed by atoms with Gasteiger partial charge in [-0.1, -0.05) is 17.4 Å². The molecule has 1 amide bonds. The molecule has 0 radical (unpaired) electrons. The number of rotatable bonds is 5. The third kappa shape index (κ3) is 3.87. The highest BCUT2D eigenvalue weighted by Crippen LogP contribution is 2.34. The van der Waals surface area contributed by atoms with Crippen molar-refractivity contribution in [3.63, 3.8) is 0 Å². The van der Waals surface area contributed by atoms with Gasteiger partial charge in [0.05, 0.1) is 38.2 Å². The second-order valence-corrected chi connectivity index (χ2v) is 9.12. The number of carbonyl (C=O) groups excluding carboxylic acids is 1. The molecule has 0 bridgehead atoms. The van der Waals surface area contributed by atoms with E-state index in [4.69, 9.17) is 4.74 Å². The minimum Gasteiger partial charge on any atom is -0.497 e. The molecule has 0 aliphatic rings. The van der Waals surface area contributed by atoms with Gasteiger partial charge < -0.3 is 4.74 Å². The van der Waals surface area contributed by atoms with Crippen molar-refractivity contribution in [1.82, 2.24) is 9.97 Å². The van der Waals surface area contributed by atoms with Gasteiger partial charge in [-0.2, -0.15) is 0 Å². The highest BCUT2D eigenvalue weighted by molar-refractivity contribution is 9.11. The Morgan fingerprint density at radius 1 is 1.19 bits per heavy atom. The van der Waals surface area contributed by atoms with Crippen LogP contribution < -0.4 is 9.64 Å². The molecule has 0 fully saturated rings. The van der Waals surface area contributed by atoms with Crippen LogP contribution >= 0.6 is 38.6 Å². The molecule has 136 valence electrons. The van der Waals surface area contributed by atoms with E-state index in [0.717, 1.165) is 25.4 Å². The first-order valence-corrected chi connectivity index (χ1v) is 10.5. The Balaban J connectivity index is 1.75. The molecule has 0 saturated heterocycles. The number of nitrogens with zero attached hydrogens (tertiary/aromatic N) is 3. The largest absolute Gasteiger partial charge is 0.497 e. The average molecular weight is 460 g/mol. The van der Waals surface area contributed by atoms with Gasteiger partial charge in [0.25, 0.3) is 5.91 Å². The molecule has 4 rings (SSSR count). The monoisotopic (exact) mass is 459 g/mol. The summed E-state index contributed by atoms with van der Waals surface area (Å²) in [6.07, 6.45) is 1.73. The van der Waals surface area contributed by atoms with E-state index in [1.54, 1.807) is 18.2 Å². The fourth-order valence-electron chi connectivity index (χ4n) is 2.58. The predicted octanol–water partition coefficient (Wildman–Crippen LogP) is 5.37. The van der Waals surface area contributed by atoms with Gasteiger partial charge in [-0.25, -0.2) is 4.98 Å². The molecule has 27 heavy (non-hydrogen) atoms. The maximum absolute atomic E-state index is 13.2. The van der Waals surface area contributed by atoms with Crippen molar-refractivity contribution in [3.8, 4) is 5.75 Å². The minimum absolute atomic E-state index is 0.0950. The Morgan fingerprint density at radius 3 is 2.78 bits per heavy atom. The molecule has 5 nitrogen and oxygen atoms in total. The van der Waals surface area contributed by atoms with Gasteiger partial charge >= 0.3 is 0 Å². The van der Waals surface area contributed by atoms with Gasteiger partial charge in [0.2, 0.25) is 0 Å². The van der Waals surface area contributed by atoms with Gasteiger partial charge in [-0.05, 0) is 58.4 Å². The molecule has 4 aromatic rings. The zero-order valence-corrected chi connectivity index (χ0v) is 17.5. The first-order chi connectivity index (χ1) is 13.1. The van der Waals surface area contributed by atoms with Crippen LogP contribution in [0.3, 0.4) is 0 Å². The number of ether oxygens (including phenoxy) is 1. The van der Waals surface area contributed by atoms with Crippen molar-refractivity contribution in [3.05, 3.63) is 69.1 Å². The summed E-state index contributed by atoms with van der Waals surface area (Å²) in [4.78, 5) is 24.6. The number of thiophene rings is 1. The van der Waals surface area contributed by atoms with Crippen LogP contribution in [-0.2, 0) is 6.54 Å². The Kier molecular flexibility index (Phi) is 5.20. The van der Waals surface area contributed by atoms with Crippen LogP contribution in [0.1, 0.15) is 15.4 Å². The number of halogens is 1. The molecule has 0 spiro atoms. The number of pyridine rings is 1. The number of hydrogen-bond donors (Lipinski definition) is 0. The standard InChI is InChI=1S/C19H14BrN3O2S2/c1-25-13-5-6-14-16(10-13)27-19(22-14)23(11-12-4-2-3-9-21-12)18(24)15-7-8-17(20)26-15/h2-10H,11H2,1H3. The number of aromatic nitrogens is 2. The average Bonchev–Trinajstić information content (AvgIpc) is 3.31. The first-order valence-electron chi connectivity index (χ1n) is 8.06. The molecule has 1 aromatic carbocycles. The number of benzene rings is 1. The van der Waals surface area contributed by atoms with E-state index >= 15 is 0 Å². The van der Waals surface area contributed by atoms with Gasteiger partial charge in [-0.15, -0.1) is 11.3 Å². The predicted molar refractivity (Wildman–Crippen MR) is 113 cm³/mol. The Bertz CT molecular complexity index is 1090. The molecule has 0 saturated carbocycles. The topological polar surface area (TPSA) is 55.3 Å². The van der Waals surface area contributed by atoms with Crippen LogP contribution in [-0.4, -0.2) is 23.0 Å². The maximum atomic E-state index is 13.2. The molecule has 0 atom stereocenters. The van der Waals surface area contributed by atoms with Crippen LogP contribution in [0.5, 0.6) is 5.75 Å². The summed E-state index contributed by atoms with van der Waals surface area (Å²) >= 11 is 6.29. The number of carbonyl (C=O) groups is 1. The summed E-state index contributed by atoms with van der Waals surface area (Å²) in [6.45, 7) is 0.353. The summed E-state index contributed by atoms with van der Waals surface area (Å²) in [6, 6.07) is 15.1. The van der Waals surface area contributed by atoms with Crippen LogP contribution in [0, 0.1) is 0 Å². The number of methoxy groups -OCH3 is 1. The zero-order chi connectivity index (χ0) is 18.8. The van der Waals surface area contributed by atoms with Crippen LogP contribution in [0.25, 0.3) is 10.2 Å². The lowest BCUT2D eigenvalue weighted by Crippen LogP contribution is -2.30. The van der Waals surface area contributed by atoms with E-state index < -0.39 is 0 Å². The molecule has 8 heteroatoms. The number of fused-ring (bicyclic) bond motifs is 1. The van der Waals surface area contributed by atoms with Crippen LogP contribution in [0.15, 0.2) is 58.5 Å². The maximum Gasteiger partial charge on any atom is 0.270 e. The number of thiazole rings is 1. The summed E-state index contributed by atoms with van der Waals surface area (Å²) < 4.78 is 7.17. The van der Waals surface area contributed by atoms with E-state index in [2.05, 4.69) is 25.9 Å². The third-order valence-corrected chi connectivity index (χ3v) is 6.54. The van der Waals surface area contributed by atoms with Gasteiger partial charge in [-0.3, -0.25) is 14.7 Å².